The standard InChI is InChI=1S/C40H35N/c1-2-37-23-13-14-24-40(37)41(38-29-25-35(26-30-38)21-11-9-19-33-15-5-3-6-16-33)39-31-27-36(28-32-39)22-12-10-20-34-17-7-4-8-18-34/h3-32H,2H2,1H3/b19-9+,20-10+,21-11+,22-12+. The van der Waals surface area contributed by atoms with E-state index in [1.807, 2.05) is 12.1 Å². The summed E-state index contributed by atoms with van der Waals surface area (Å²) in [5.41, 5.74) is 9.52. The van der Waals surface area contributed by atoms with Crippen LogP contribution < -0.4 is 4.90 Å². The van der Waals surface area contributed by atoms with Gasteiger partial charge >= 0.3 is 0 Å². The first-order valence-corrected chi connectivity index (χ1v) is 14.2. The molecule has 0 atom stereocenters. The summed E-state index contributed by atoms with van der Waals surface area (Å²) in [7, 11) is 0. The molecule has 0 N–H and O–H groups in total. The van der Waals surface area contributed by atoms with Crippen LogP contribution in [0.1, 0.15) is 34.7 Å². The number of rotatable bonds is 10. The summed E-state index contributed by atoms with van der Waals surface area (Å²) in [6.07, 6.45) is 17.8. The zero-order valence-electron chi connectivity index (χ0n) is 23.5. The van der Waals surface area contributed by atoms with Gasteiger partial charge < -0.3 is 4.90 Å². The highest BCUT2D eigenvalue weighted by molar-refractivity contribution is 5.79. The predicted octanol–water partition coefficient (Wildman–Crippen LogP) is 11.2. The lowest BCUT2D eigenvalue weighted by Crippen LogP contribution is -2.12. The van der Waals surface area contributed by atoms with Crippen LogP contribution in [-0.2, 0) is 6.42 Å². The second kappa shape index (κ2) is 14.3. The molecule has 0 saturated carbocycles. The number of allylic oxidation sites excluding steroid dienone is 4. The molecular formula is C40H35N. The van der Waals surface area contributed by atoms with Gasteiger partial charge in [0.2, 0.25) is 0 Å². The van der Waals surface area contributed by atoms with Crippen LogP contribution in [0.2, 0.25) is 0 Å². The van der Waals surface area contributed by atoms with Crippen LogP contribution in [0.4, 0.5) is 17.1 Å². The molecule has 0 fully saturated rings. The van der Waals surface area contributed by atoms with Crippen LogP contribution in [0, 0.1) is 0 Å². The molecule has 0 radical (unpaired) electrons. The average molecular weight is 530 g/mol. The number of hydrogen-bond acceptors (Lipinski definition) is 1. The Kier molecular flexibility index (Phi) is 9.57. The maximum absolute atomic E-state index is 2.35. The summed E-state index contributed by atoms with van der Waals surface area (Å²) in [4.78, 5) is 2.35. The summed E-state index contributed by atoms with van der Waals surface area (Å²) in [6.45, 7) is 2.21. The molecule has 0 saturated heterocycles. The van der Waals surface area contributed by atoms with Gasteiger partial charge in [-0.05, 0) is 64.6 Å². The van der Waals surface area contributed by atoms with Crippen LogP contribution >= 0.6 is 0 Å². The van der Waals surface area contributed by atoms with Crippen LogP contribution in [0.5, 0.6) is 0 Å². The Morgan fingerprint density at radius 3 is 1.20 bits per heavy atom. The van der Waals surface area contributed by atoms with Gasteiger partial charge in [0.25, 0.3) is 0 Å². The van der Waals surface area contributed by atoms with Crippen molar-refractivity contribution in [3.8, 4) is 0 Å². The molecule has 0 amide bonds. The van der Waals surface area contributed by atoms with Crippen molar-refractivity contribution in [1.82, 2.24) is 0 Å². The number of aryl methyl sites for hydroxylation is 1. The molecule has 1 nitrogen and oxygen atoms in total. The largest absolute Gasteiger partial charge is 0.310 e. The fourth-order valence-corrected chi connectivity index (χ4v) is 4.72. The number of anilines is 3. The van der Waals surface area contributed by atoms with E-state index >= 15 is 0 Å². The second-order valence-corrected chi connectivity index (χ2v) is 9.76. The summed E-state index contributed by atoms with van der Waals surface area (Å²) in [5.74, 6) is 0. The third kappa shape index (κ3) is 7.71. The number of para-hydroxylation sites is 1. The van der Waals surface area contributed by atoms with E-state index in [2.05, 4.69) is 182 Å². The molecule has 0 aliphatic carbocycles. The van der Waals surface area contributed by atoms with Crippen molar-refractivity contribution in [2.75, 3.05) is 4.90 Å². The van der Waals surface area contributed by atoms with Crippen molar-refractivity contribution in [2.24, 2.45) is 0 Å². The van der Waals surface area contributed by atoms with Gasteiger partial charge in [-0.3, -0.25) is 0 Å². The molecule has 0 aliphatic rings. The molecule has 0 aliphatic heterocycles. The normalized spacial score (nSPS) is 11.7. The van der Waals surface area contributed by atoms with Crippen molar-refractivity contribution >= 4 is 41.4 Å². The molecule has 0 aromatic heterocycles. The van der Waals surface area contributed by atoms with Gasteiger partial charge in [0, 0.05) is 17.1 Å². The summed E-state index contributed by atoms with van der Waals surface area (Å²) in [6, 6.07) is 46.9. The Bertz CT molecular complexity index is 1520. The van der Waals surface area contributed by atoms with E-state index in [1.165, 1.54) is 33.5 Å². The maximum Gasteiger partial charge on any atom is 0.0493 e. The number of nitrogens with zero attached hydrogens (tertiary/aromatic N) is 1. The third-order valence-electron chi connectivity index (χ3n) is 6.89. The zero-order chi connectivity index (χ0) is 28.1. The Labute approximate surface area is 244 Å². The quantitative estimate of drug-likeness (QED) is 0.163. The zero-order valence-corrected chi connectivity index (χ0v) is 23.5. The predicted molar refractivity (Wildman–Crippen MR) is 180 cm³/mol. The van der Waals surface area contributed by atoms with Gasteiger partial charge in [0.15, 0.2) is 0 Å². The van der Waals surface area contributed by atoms with E-state index in [-0.39, 0.29) is 0 Å². The van der Waals surface area contributed by atoms with Crippen molar-refractivity contribution in [2.45, 2.75) is 13.3 Å². The van der Waals surface area contributed by atoms with E-state index in [0.717, 1.165) is 17.8 Å². The molecule has 200 valence electrons. The Morgan fingerprint density at radius 2 is 0.780 bits per heavy atom. The number of benzene rings is 5. The van der Waals surface area contributed by atoms with Gasteiger partial charge in [-0.25, -0.2) is 0 Å². The van der Waals surface area contributed by atoms with Crippen molar-refractivity contribution in [3.63, 3.8) is 0 Å². The summed E-state index contributed by atoms with van der Waals surface area (Å²) >= 11 is 0. The Hall–Kier alpha value is -5.14. The molecule has 0 heterocycles. The van der Waals surface area contributed by atoms with E-state index in [1.54, 1.807) is 0 Å². The lowest BCUT2D eigenvalue weighted by molar-refractivity contribution is 1.11. The Morgan fingerprint density at radius 1 is 0.415 bits per heavy atom. The fourth-order valence-electron chi connectivity index (χ4n) is 4.72. The van der Waals surface area contributed by atoms with Crippen molar-refractivity contribution in [3.05, 3.63) is 186 Å². The molecule has 0 unspecified atom stereocenters. The molecule has 5 aromatic carbocycles. The molecule has 0 spiro atoms. The first-order chi connectivity index (χ1) is 20.3. The van der Waals surface area contributed by atoms with Crippen molar-refractivity contribution < 1.29 is 0 Å². The fraction of sp³-hybridized carbons (Fsp3) is 0.0500. The van der Waals surface area contributed by atoms with E-state index in [4.69, 9.17) is 0 Å². The molecule has 0 bridgehead atoms. The van der Waals surface area contributed by atoms with Crippen molar-refractivity contribution in [1.29, 1.82) is 0 Å². The molecular weight excluding hydrogens is 494 g/mol. The highest BCUT2D eigenvalue weighted by atomic mass is 15.1. The molecule has 1 heteroatoms. The molecule has 5 aromatic rings. The minimum Gasteiger partial charge on any atom is -0.310 e. The number of hydrogen-bond donors (Lipinski definition) is 0. The monoisotopic (exact) mass is 529 g/mol. The SMILES string of the molecule is CCc1ccccc1N(c1ccc(/C=C/C=C/c2ccccc2)cc1)c1ccc(/C=C/C=C/c2ccccc2)cc1. The minimum absolute atomic E-state index is 0.968. The van der Waals surface area contributed by atoms with Crippen LogP contribution in [-0.4, -0.2) is 0 Å². The Balaban J connectivity index is 1.36. The highest BCUT2D eigenvalue weighted by Crippen LogP contribution is 2.37. The maximum atomic E-state index is 2.35. The van der Waals surface area contributed by atoms with Gasteiger partial charge in [-0.2, -0.15) is 0 Å². The van der Waals surface area contributed by atoms with Crippen LogP contribution in [0.15, 0.2) is 158 Å². The van der Waals surface area contributed by atoms with Gasteiger partial charge in [-0.1, -0.05) is 159 Å². The van der Waals surface area contributed by atoms with Gasteiger partial charge in [0.05, 0.1) is 0 Å². The first-order valence-electron chi connectivity index (χ1n) is 14.2. The highest BCUT2D eigenvalue weighted by Gasteiger charge is 2.15. The molecule has 41 heavy (non-hydrogen) atoms. The van der Waals surface area contributed by atoms with Gasteiger partial charge in [0.1, 0.15) is 0 Å². The smallest absolute Gasteiger partial charge is 0.0493 e. The topological polar surface area (TPSA) is 3.24 Å². The summed E-state index contributed by atoms with van der Waals surface area (Å²) in [5, 5.41) is 0. The van der Waals surface area contributed by atoms with E-state index < -0.39 is 0 Å². The van der Waals surface area contributed by atoms with E-state index in [9.17, 15) is 0 Å². The minimum atomic E-state index is 0.968. The third-order valence-corrected chi connectivity index (χ3v) is 6.89. The van der Waals surface area contributed by atoms with E-state index in [0.29, 0.717) is 0 Å². The van der Waals surface area contributed by atoms with Crippen LogP contribution in [0.3, 0.4) is 0 Å². The van der Waals surface area contributed by atoms with Gasteiger partial charge in [-0.15, -0.1) is 0 Å². The second-order valence-electron chi connectivity index (χ2n) is 9.76. The molecule has 5 rings (SSSR count). The lowest BCUT2D eigenvalue weighted by atomic mass is 10.1. The van der Waals surface area contributed by atoms with Crippen LogP contribution in [0.25, 0.3) is 24.3 Å². The summed E-state index contributed by atoms with van der Waals surface area (Å²) < 4.78 is 0. The first kappa shape index (κ1) is 27.4. The lowest BCUT2D eigenvalue weighted by Gasteiger charge is -2.27. The average Bonchev–Trinajstić information content (AvgIpc) is 3.04.